The van der Waals surface area contributed by atoms with Gasteiger partial charge in [-0.2, -0.15) is 86.4 Å². The third-order valence-corrected chi connectivity index (χ3v) is 21.7. The van der Waals surface area contributed by atoms with Crippen molar-refractivity contribution in [1.82, 2.24) is 0 Å². The first kappa shape index (κ1) is 94.3. The molecule has 0 saturated heterocycles. The van der Waals surface area contributed by atoms with E-state index in [9.17, 15) is 138 Å². The predicted molar refractivity (Wildman–Crippen MR) is 373 cm³/mol. The zero-order chi connectivity index (χ0) is 87.0. The molecule has 9 aromatic carbocycles. The van der Waals surface area contributed by atoms with Gasteiger partial charge in [-0.25, -0.2) is 16.8 Å². The molecule has 115 heavy (non-hydrogen) atoms. The average Bonchev–Trinajstić information content (AvgIpc) is 0.774. The van der Waals surface area contributed by atoms with Crippen LogP contribution in [-0.2, 0) is 81.2 Å². The molecular formula is C63H51Cl2F12N3O29S6. The number of rotatable bonds is 28. The summed E-state index contributed by atoms with van der Waals surface area (Å²) in [5.74, 6) is -35.7. The second-order valence-corrected chi connectivity index (χ2v) is 33.9. The lowest BCUT2D eigenvalue weighted by atomic mass is 10.1. The van der Waals surface area contributed by atoms with Gasteiger partial charge < -0.3 is 33.5 Å². The van der Waals surface area contributed by atoms with Crippen LogP contribution in [0.2, 0.25) is 0 Å². The van der Waals surface area contributed by atoms with Crippen LogP contribution >= 0.6 is 21.4 Å². The van der Waals surface area contributed by atoms with Crippen LogP contribution < -0.4 is 14.2 Å². The molecule has 3 unspecified atom stereocenters. The van der Waals surface area contributed by atoms with Gasteiger partial charge in [-0.1, -0.05) is 0 Å². The van der Waals surface area contributed by atoms with E-state index in [-0.39, 0.29) is 58.1 Å². The van der Waals surface area contributed by atoms with Crippen molar-refractivity contribution in [2.24, 2.45) is 0 Å². The van der Waals surface area contributed by atoms with Gasteiger partial charge in [0.2, 0.25) is 87.1 Å². The number of nitro benzene ring substituents is 3. The van der Waals surface area contributed by atoms with Crippen LogP contribution in [0.3, 0.4) is 0 Å². The molecule has 0 aliphatic rings. The van der Waals surface area contributed by atoms with Gasteiger partial charge in [-0.05, 0) is 130 Å². The molecule has 0 amide bonds. The predicted octanol–water partition coefficient (Wildman–Crippen LogP) is 14.3. The summed E-state index contributed by atoms with van der Waals surface area (Å²) in [6.07, 6.45) is -2.04. The van der Waals surface area contributed by atoms with E-state index in [2.05, 4.69) is 0 Å². The zero-order valence-corrected chi connectivity index (χ0v) is 64.6. The monoisotopic (exact) mass is 1800 g/mol. The van der Waals surface area contributed by atoms with Gasteiger partial charge in [-0.15, -0.1) is 0 Å². The Morgan fingerprint density at radius 2 is 0.687 bits per heavy atom. The van der Waals surface area contributed by atoms with E-state index in [1.807, 2.05) is 6.92 Å². The minimum atomic E-state index is -5.03. The highest BCUT2D eigenvalue weighted by molar-refractivity contribution is 8.14. The summed E-state index contributed by atoms with van der Waals surface area (Å²) in [7, 11) is -15.9. The van der Waals surface area contributed by atoms with E-state index >= 15 is 0 Å². The molecule has 0 aromatic heterocycles. The van der Waals surface area contributed by atoms with E-state index in [0.29, 0.717) is 50.2 Å². The Morgan fingerprint density at radius 1 is 0.400 bits per heavy atom. The summed E-state index contributed by atoms with van der Waals surface area (Å²) < 4.78 is 373. The SMILES string of the molecule is CCOCC(C)O.CCOCC(C)OS(=O)(=O)c1ccc2c(Oc3c(F)c(F)c([N+](=O)[O-])c(F)c3F)cc(S(=O)(=O)OC(C)CCOC)cc2c1.O=[N+]([O-])c1c(F)c(F)c(Oc2cc(S(=O)(=O)Cl)cc3cc(S(=O)(=O)Cl)ccc23)c(F)c1F.O=[N+]([O-])c1c(F)c(F)c(Oc2cc(S(=O)(=O)O)cc3cc(S(=O)(=O)O)ccc23)c(F)c1F. The molecule has 32 nitrogen and oxygen atoms in total. The standard InChI is InChI=1S/C26H27F4NO11S2.C16H5Cl2F4NO7S2.C16H7F4NO9S2.C5H12O2/c1-5-39-13-15(3)42-43(34,35)17-6-7-19-16(10-17)11-18(44(36,37)41-14(2)8-9-38-4)12-20(19)40-26-23(29)21(27)25(31(32)33)22(28)24(26)30;17-31(26,27)7-1-2-9-6(3-7)4-8(32(18,28)29)5-10(9)30-16-13(21)11(19)15(23(24)25)12(20)14(16)22;17-11-13(19)16(14(20)12(18)15(11)21(22)23)30-10-5-8(32(27,28)29)4-6-3-7(31(24,25)26)1-2-9(6)10;1-3-7-4-5(2)6/h6-7,10-12,14-15H,5,8-9,13H2,1-4H3;1-5H;1-5H,(H,24,25,26)(H,27,28,29);5-6H,3-4H2,1-2H3. The number of benzene rings is 9. The molecule has 52 heteroatoms. The zero-order valence-electron chi connectivity index (χ0n) is 58.2. The first-order valence-electron chi connectivity index (χ1n) is 30.9. The van der Waals surface area contributed by atoms with Crippen LogP contribution in [0.1, 0.15) is 41.0 Å². The lowest BCUT2D eigenvalue weighted by molar-refractivity contribution is -0.390. The number of fused-ring (bicyclic) bond motifs is 3. The summed E-state index contributed by atoms with van der Waals surface area (Å²) in [5.41, 5.74) is -6.35. The van der Waals surface area contributed by atoms with Gasteiger partial charge in [-0.3, -0.25) is 47.8 Å². The summed E-state index contributed by atoms with van der Waals surface area (Å²) in [6.45, 7) is 9.63. The van der Waals surface area contributed by atoms with Crippen molar-refractivity contribution in [3.8, 4) is 34.5 Å². The minimum absolute atomic E-state index is 0.0677. The smallest absolute Gasteiger partial charge is 0.346 e. The summed E-state index contributed by atoms with van der Waals surface area (Å²) in [5, 5.41) is 39.4. The third kappa shape index (κ3) is 22.8. The van der Waals surface area contributed by atoms with Crippen molar-refractivity contribution in [3.63, 3.8) is 0 Å². The topological polar surface area (TPSA) is 469 Å². The number of hydrogen-bond acceptors (Lipinski definition) is 27. The summed E-state index contributed by atoms with van der Waals surface area (Å²) in [6, 6.07) is 12.6. The molecule has 0 fully saturated rings. The second-order valence-electron chi connectivity index (χ2n) is 22.8. The molecule has 626 valence electrons. The van der Waals surface area contributed by atoms with Crippen LogP contribution in [0.15, 0.2) is 120 Å². The molecule has 3 N–H and O–H groups in total. The van der Waals surface area contributed by atoms with E-state index in [0.717, 1.165) is 60.7 Å². The Bertz CT molecular complexity index is 5760. The van der Waals surface area contributed by atoms with Crippen molar-refractivity contribution in [2.45, 2.75) is 88.7 Å². The van der Waals surface area contributed by atoms with Crippen molar-refractivity contribution < 1.29 is 169 Å². The fourth-order valence-electron chi connectivity index (χ4n) is 9.37. The van der Waals surface area contributed by atoms with Gasteiger partial charge in [0.15, 0.2) is 0 Å². The van der Waals surface area contributed by atoms with Crippen LogP contribution in [-0.4, -0.2) is 138 Å². The molecule has 9 aromatic rings. The lowest BCUT2D eigenvalue weighted by Crippen LogP contribution is -2.20. The quantitative estimate of drug-likeness (QED) is 0.00779. The number of ether oxygens (including phenoxy) is 6. The molecule has 0 bridgehead atoms. The lowest BCUT2D eigenvalue weighted by Gasteiger charge is -2.17. The van der Waals surface area contributed by atoms with Crippen molar-refractivity contribution in [2.75, 3.05) is 40.1 Å². The van der Waals surface area contributed by atoms with Crippen LogP contribution in [0.5, 0.6) is 34.5 Å². The fraction of sp³-hybridized carbons (Fsp3) is 0.238. The maximum absolute atomic E-state index is 14.7. The summed E-state index contributed by atoms with van der Waals surface area (Å²) >= 11 is 0. The maximum atomic E-state index is 14.7. The first-order chi connectivity index (χ1) is 53.1. The van der Waals surface area contributed by atoms with Crippen molar-refractivity contribution >= 4 is 129 Å². The van der Waals surface area contributed by atoms with Gasteiger partial charge in [0.25, 0.3) is 58.6 Å². The number of aliphatic hydroxyl groups excluding tert-OH is 1. The molecule has 0 saturated carbocycles. The molecule has 0 aliphatic heterocycles. The molecule has 0 radical (unpaired) electrons. The molecule has 0 heterocycles. The fourth-order valence-corrected chi connectivity index (χ4v) is 14.3. The highest BCUT2D eigenvalue weighted by Crippen LogP contribution is 2.45. The Balaban J connectivity index is 0.000000261. The number of methoxy groups -OCH3 is 1. The Kier molecular flexibility index (Phi) is 30.8. The van der Waals surface area contributed by atoms with Gasteiger partial charge in [0.1, 0.15) is 17.2 Å². The van der Waals surface area contributed by atoms with Gasteiger partial charge in [0, 0.05) is 82.7 Å². The molecular weight excluding hydrogens is 1750 g/mol. The van der Waals surface area contributed by atoms with Crippen molar-refractivity contribution in [3.05, 3.63) is 191 Å². The number of nitro groups is 3. The van der Waals surface area contributed by atoms with E-state index < -0.39 is 236 Å². The van der Waals surface area contributed by atoms with E-state index in [1.54, 1.807) is 13.8 Å². The van der Waals surface area contributed by atoms with E-state index in [4.69, 9.17) is 67.8 Å². The molecule has 9 rings (SSSR count). The van der Waals surface area contributed by atoms with Gasteiger partial charge >= 0.3 is 17.1 Å². The Labute approximate surface area is 649 Å². The molecule has 3 atom stereocenters. The first-order valence-corrected chi connectivity index (χ1v) is 41.2. The molecule has 0 aliphatic carbocycles. The average molecular weight is 1810 g/mol. The maximum Gasteiger partial charge on any atom is 0.346 e. The Hall–Kier alpha value is -9.52. The summed E-state index contributed by atoms with van der Waals surface area (Å²) in [4.78, 5) is 23.0. The Morgan fingerprint density at radius 3 is 1.02 bits per heavy atom. The van der Waals surface area contributed by atoms with Crippen LogP contribution in [0, 0.1) is 100 Å². The minimum Gasteiger partial charge on any atom is -0.450 e. The highest BCUT2D eigenvalue weighted by Gasteiger charge is 2.39. The van der Waals surface area contributed by atoms with Crippen molar-refractivity contribution in [1.29, 1.82) is 0 Å². The number of hydrogen-bond donors (Lipinski definition) is 3. The number of nitrogens with zero attached hydrogens (tertiary/aromatic N) is 3. The second kappa shape index (κ2) is 37.6. The number of aliphatic hydroxyl groups is 1. The largest absolute Gasteiger partial charge is 0.450 e. The number of halogens is 14. The highest BCUT2D eigenvalue weighted by atomic mass is 35.7. The van der Waals surface area contributed by atoms with Crippen LogP contribution in [0.25, 0.3) is 32.3 Å². The third-order valence-electron chi connectivity index (χ3n) is 14.5. The van der Waals surface area contributed by atoms with Gasteiger partial charge in [0.05, 0.1) is 75.7 Å². The van der Waals surface area contributed by atoms with Crippen LogP contribution in [0.4, 0.5) is 69.7 Å². The molecule has 0 spiro atoms. The normalized spacial score (nSPS) is 12.9. The van der Waals surface area contributed by atoms with E-state index in [1.165, 1.54) is 21.0 Å².